The molecule has 1 fully saturated rings. The molecule has 0 heterocycles. The van der Waals surface area contributed by atoms with E-state index in [1.165, 1.54) is 0 Å². The number of rotatable bonds is 9. The second-order valence-electron chi connectivity index (χ2n) is 8.44. The van der Waals surface area contributed by atoms with E-state index in [9.17, 15) is 31.2 Å². The average Bonchev–Trinajstić information content (AvgIpc) is 2.76. The summed E-state index contributed by atoms with van der Waals surface area (Å²) in [5.41, 5.74) is 2.74. The minimum atomic E-state index is -5.21. The monoisotopic (exact) mass is 502 g/mol. The van der Waals surface area contributed by atoms with E-state index in [2.05, 4.69) is 4.74 Å². The summed E-state index contributed by atoms with van der Waals surface area (Å²) in [5.74, 6) is -5.70. The molecule has 34 heavy (non-hydrogen) atoms. The van der Waals surface area contributed by atoms with Gasteiger partial charge in [0, 0.05) is 0 Å². The van der Waals surface area contributed by atoms with Crippen LogP contribution in [0.2, 0.25) is 0 Å². The van der Waals surface area contributed by atoms with Gasteiger partial charge in [-0.15, -0.1) is 0 Å². The lowest BCUT2D eigenvalue weighted by molar-refractivity contribution is -0.219. The van der Waals surface area contributed by atoms with Gasteiger partial charge in [0.25, 0.3) is 10.1 Å². The molecule has 1 N–H and O–H groups in total. The van der Waals surface area contributed by atoms with E-state index in [0.29, 0.717) is 31.2 Å². The lowest BCUT2D eigenvalue weighted by Crippen LogP contribution is -2.43. The van der Waals surface area contributed by atoms with Crippen LogP contribution in [-0.2, 0) is 43.4 Å². The maximum Gasteiger partial charge on any atom is 0.426 e. The zero-order valence-corrected chi connectivity index (χ0v) is 20.3. The first-order valence-electron chi connectivity index (χ1n) is 11.4. The molecule has 1 aliphatic carbocycles. The second-order valence-corrected chi connectivity index (χ2v) is 9.94. The number of ether oxygens (including phenoxy) is 2. The van der Waals surface area contributed by atoms with Gasteiger partial charge in [-0.3, -0.25) is 14.1 Å². The Balaban J connectivity index is 2.27. The van der Waals surface area contributed by atoms with E-state index in [0.717, 1.165) is 23.0 Å². The molecule has 1 aromatic carbocycles. The third-order valence-corrected chi connectivity index (χ3v) is 6.76. The van der Waals surface area contributed by atoms with Crippen molar-refractivity contribution in [2.75, 3.05) is 5.75 Å². The molecule has 0 spiro atoms. The molecule has 0 bridgehead atoms. The van der Waals surface area contributed by atoms with Crippen LogP contribution >= 0.6 is 0 Å². The average molecular weight is 502 g/mol. The molecule has 0 saturated heterocycles. The molecule has 0 aromatic heterocycles. The predicted octanol–water partition coefficient (Wildman–Crippen LogP) is 0.160. The van der Waals surface area contributed by atoms with Crippen molar-refractivity contribution in [3.63, 3.8) is 0 Å². The number of benzene rings is 1. The lowest BCUT2D eigenvalue weighted by Gasteiger charge is -2.30. The zero-order valence-electron chi connectivity index (χ0n) is 19.5. The SMILES string of the molecule is BCc1cc(CB)c(OC(=O)C2CCCCC2C(=O)OC(CS(=O)(=O)O)C(F)(F)F)c(CB)c1. The predicted molar refractivity (Wildman–Crippen MR) is 127 cm³/mol. The molecule has 3 atom stereocenters. The number of esters is 2. The quantitative estimate of drug-likeness (QED) is 0.222. The van der Waals surface area contributed by atoms with E-state index < -0.39 is 51.9 Å². The van der Waals surface area contributed by atoms with Gasteiger partial charge in [-0.25, -0.2) is 0 Å². The van der Waals surface area contributed by atoms with Crippen LogP contribution in [0.15, 0.2) is 12.1 Å². The van der Waals surface area contributed by atoms with Gasteiger partial charge >= 0.3 is 18.1 Å². The zero-order chi connectivity index (χ0) is 25.7. The fourth-order valence-electron chi connectivity index (χ4n) is 4.17. The molecule has 1 aromatic rings. The fourth-order valence-corrected chi connectivity index (χ4v) is 4.81. The normalized spacial score (nSPS) is 19.9. The van der Waals surface area contributed by atoms with Crippen LogP contribution in [0.25, 0.3) is 0 Å². The second kappa shape index (κ2) is 11.7. The number of hydrogen-bond donors (Lipinski definition) is 1. The Bertz CT molecular complexity index is 977. The van der Waals surface area contributed by atoms with Crippen molar-refractivity contribution in [2.24, 2.45) is 11.8 Å². The third kappa shape index (κ3) is 7.53. The van der Waals surface area contributed by atoms with Gasteiger partial charge in [-0.05, 0) is 24.0 Å². The molecule has 1 saturated carbocycles. The van der Waals surface area contributed by atoms with E-state index in [1.807, 2.05) is 35.7 Å². The van der Waals surface area contributed by atoms with Crippen molar-refractivity contribution < 1.29 is 45.2 Å². The highest BCUT2D eigenvalue weighted by molar-refractivity contribution is 7.85. The highest BCUT2D eigenvalue weighted by Crippen LogP contribution is 2.35. The summed E-state index contributed by atoms with van der Waals surface area (Å²) >= 11 is 0. The first-order valence-corrected chi connectivity index (χ1v) is 13.0. The van der Waals surface area contributed by atoms with E-state index in [4.69, 9.17) is 9.29 Å². The minimum absolute atomic E-state index is 0.102. The fraction of sp³-hybridized carbons (Fsp3) is 0.600. The first kappa shape index (κ1) is 28.3. The highest BCUT2D eigenvalue weighted by Gasteiger charge is 2.48. The van der Waals surface area contributed by atoms with E-state index in [1.54, 1.807) is 0 Å². The van der Waals surface area contributed by atoms with Crippen molar-refractivity contribution in [2.45, 2.75) is 56.9 Å². The van der Waals surface area contributed by atoms with Crippen LogP contribution < -0.4 is 4.74 Å². The van der Waals surface area contributed by atoms with Gasteiger partial charge in [0.1, 0.15) is 35.0 Å². The molecule has 0 aliphatic heterocycles. The largest absolute Gasteiger partial charge is 0.451 e. The molecule has 14 heteroatoms. The number of carbonyl (C=O) groups is 2. The van der Waals surface area contributed by atoms with Gasteiger partial charge < -0.3 is 9.47 Å². The number of hydrogen-bond acceptors (Lipinski definition) is 6. The maximum atomic E-state index is 13.2. The molecule has 0 radical (unpaired) electrons. The summed E-state index contributed by atoms with van der Waals surface area (Å²) in [6.45, 7) is 0. The number of halogens is 3. The number of alkyl halides is 3. The maximum absolute atomic E-state index is 13.2. The Hall–Kier alpha value is -1.95. The standard InChI is InChI=1S/C20H28B3F3O7S/c21-7-11-5-12(8-22)17(13(6-11)9-23)33-19(28)15-4-2-1-3-14(15)18(27)32-16(20(24,25)26)10-34(29,30)31/h5-6,14-16H,1-4,7-10,21-23H2,(H,29,30,31). The Labute approximate surface area is 200 Å². The smallest absolute Gasteiger partial charge is 0.426 e. The molecular formula is C20H28B3F3O7S. The van der Waals surface area contributed by atoms with Crippen LogP contribution in [0.3, 0.4) is 0 Å². The van der Waals surface area contributed by atoms with Crippen LogP contribution in [0, 0.1) is 11.8 Å². The van der Waals surface area contributed by atoms with Gasteiger partial charge in [-0.2, -0.15) is 21.6 Å². The van der Waals surface area contributed by atoms with Crippen molar-refractivity contribution in [1.82, 2.24) is 0 Å². The molecular weight excluding hydrogens is 474 g/mol. The molecule has 3 unspecified atom stereocenters. The van der Waals surface area contributed by atoms with Gasteiger partial charge in [0.15, 0.2) is 0 Å². The summed E-state index contributed by atoms with van der Waals surface area (Å²) < 4.78 is 80.6. The summed E-state index contributed by atoms with van der Waals surface area (Å²) in [6.07, 6.45) is -4.84. The van der Waals surface area contributed by atoms with Crippen molar-refractivity contribution in [3.8, 4) is 5.75 Å². The Morgan fingerprint density at radius 1 is 1.00 bits per heavy atom. The van der Waals surface area contributed by atoms with Gasteiger partial charge in [0.05, 0.1) is 11.8 Å². The van der Waals surface area contributed by atoms with E-state index in [-0.39, 0.29) is 12.8 Å². The first-order chi connectivity index (χ1) is 15.8. The highest BCUT2D eigenvalue weighted by atomic mass is 32.2. The Morgan fingerprint density at radius 2 is 1.50 bits per heavy atom. The molecule has 7 nitrogen and oxygen atoms in total. The van der Waals surface area contributed by atoms with Crippen molar-refractivity contribution in [3.05, 3.63) is 28.8 Å². The Kier molecular flexibility index (Phi) is 9.70. The third-order valence-electron chi connectivity index (χ3n) is 6.03. The molecule has 186 valence electrons. The van der Waals surface area contributed by atoms with Crippen molar-refractivity contribution >= 4 is 45.6 Å². The summed E-state index contributed by atoms with van der Waals surface area (Å²) in [5, 5.41) is 0. The summed E-state index contributed by atoms with van der Waals surface area (Å²) in [6, 6.07) is 3.88. The molecule has 2 rings (SSSR count). The van der Waals surface area contributed by atoms with Crippen LogP contribution in [0.1, 0.15) is 42.4 Å². The molecule has 0 amide bonds. The van der Waals surface area contributed by atoms with Crippen LogP contribution in [-0.4, -0.2) is 66.5 Å². The minimum Gasteiger partial charge on any atom is -0.451 e. The van der Waals surface area contributed by atoms with Crippen LogP contribution in [0.5, 0.6) is 5.75 Å². The Morgan fingerprint density at radius 3 is 1.91 bits per heavy atom. The van der Waals surface area contributed by atoms with E-state index >= 15 is 0 Å². The van der Waals surface area contributed by atoms with Gasteiger partial charge in [0.2, 0.25) is 6.10 Å². The van der Waals surface area contributed by atoms with Gasteiger partial charge in [-0.1, -0.05) is 49.5 Å². The summed E-state index contributed by atoms with van der Waals surface area (Å²) in [7, 11) is 0.776. The number of carbonyl (C=O) groups excluding carboxylic acids is 2. The van der Waals surface area contributed by atoms with Crippen molar-refractivity contribution in [1.29, 1.82) is 0 Å². The lowest BCUT2D eigenvalue weighted by atomic mass is 9.79. The van der Waals surface area contributed by atoms with Crippen LogP contribution in [0.4, 0.5) is 13.2 Å². The summed E-state index contributed by atoms with van der Waals surface area (Å²) in [4.78, 5) is 25.7. The topological polar surface area (TPSA) is 107 Å². The molecule has 1 aliphatic rings.